The minimum atomic E-state index is 0.614. The van der Waals surface area contributed by atoms with E-state index in [9.17, 15) is 0 Å². The first-order valence-corrected chi connectivity index (χ1v) is 9.05. The fourth-order valence-corrected chi connectivity index (χ4v) is 2.79. The normalized spacial score (nSPS) is 10.6. The zero-order valence-corrected chi connectivity index (χ0v) is 16.0. The zero-order chi connectivity index (χ0) is 18.1. The molecule has 0 aromatic heterocycles. The second kappa shape index (κ2) is 10.0. The molecule has 0 aliphatic heterocycles. The van der Waals surface area contributed by atoms with Gasteiger partial charge in [0.25, 0.3) is 0 Å². The van der Waals surface area contributed by atoms with Gasteiger partial charge >= 0.3 is 0 Å². The standard InChI is InChI=1S/C20H27N3OS/c1-4-23(5-2)15-17-9-7-6-8-16(17)14-21-20(25)22-18-10-12-19(24-3)13-11-18/h6-13H,4-5,14-15H2,1-3H3,(H2,21,22,25). The van der Waals surface area contributed by atoms with Gasteiger partial charge in [-0.3, -0.25) is 4.90 Å². The Hall–Kier alpha value is -2.11. The van der Waals surface area contributed by atoms with E-state index in [4.69, 9.17) is 17.0 Å². The van der Waals surface area contributed by atoms with Crippen molar-refractivity contribution in [2.75, 3.05) is 25.5 Å². The number of rotatable bonds is 8. The second-order valence-corrected chi connectivity index (χ2v) is 6.17. The van der Waals surface area contributed by atoms with Crippen molar-refractivity contribution < 1.29 is 4.74 Å². The van der Waals surface area contributed by atoms with Crippen LogP contribution in [-0.4, -0.2) is 30.2 Å². The first-order valence-electron chi connectivity index (χ1n) is 8.64. The molecule has 0 aliphatic rings. The van der Waals surface area contributed by atoms with Gasteiger partial charge in [0.1, 0.15) is 5.75 Å². The molecule has 134 valence electrons. The van der Waals surface area contributed by atoms with E-state index in [2.05, 4.69) is 53.6 Å². The van der Waals surface area contributed by atoms with Crippen LogP contribution >= 0.6 is 12.2 Å². The topological polar surface area (TPSA) is 36.5 Å². The highest BCUT2D eigenvalue weighted by Gasteiger charge is 2.07. The lowest BCUT2D eigenvalue weighted by molar-refractivity contribution is 0.295. The van der Waals surface area contributed by atoms with Crippen molar-refractivity contribution in [3.8, 4) is 5.75 Å². The molecule has 0 unspecified atom stereocenters. The van der Waals surface area contributed by atoms with E-state index in [0.717, 1.165) is 31.1 Å². The molecule has 4 nitrogen and oxygen atoms in total. The van der Waals surface area contributed by atoms with Crippen molar-refractivity contribution in [1.82, 2.24) is 10.2 Å². The fourth-order valence-electron chi connectivity index (χ4n) is 2.60. The van der Waals surface area contributed by atoms with Crippen LogP contribution in [0, 0.1) is 0 Å². The molecule has 0 bridgehead atoms. The minimum Gasteiger partial charge on any atom is -0.497 e. The molecule has 0 aliphatic carbocycles. The predicted molar refractivity (Wildman–Crippen MR) is 109 cm³/mol. The lowest BCUT2D eigenvalue weighted by Gasteiger charge is -2.20. The first kappa shape index (κ1) is 19.2. The van der Waals surface area contributed by atoms with Crippen LogP contribution in [0.15, 0.2) is 48.5 Å². The van der Waals surface area contributed by atoms with E-state index in [0.29, 0.717) is 11.7 Å². The summed E-state index contributed by atoms with van der Waals surface area (Å²) in [5, 5.41) is 7.11. The van der Waals surface area contributed by atoms with Crippen LogP contribution in [0.1, 0.15) is 25.0 Å². The van der Waals surface area contributed by atoms with Crippen LogP contribution in [0.25, 0.3) is 0 Å². The third-order valence-corrected chi connectivity index (χ3v) is 4.44. The number of thiocarbonyl (C=S) groups is 1. The van der Waals surface area contributed by atoms with Crippen LogP contribution in [-0.2, 0) is 13.1 Å². The molecular formula is C20H27N3OS. The number of methoxy groups -OCH3 is 1. The number of nitrogens with one attached hydrogen (secondary N) is 2. The number of benzene rings is 2. The fraction of sp³-hybridized carbons (Fsp3) is 0.350. The molecule has 25 heavy (non-hydrogen) atoms. The van der Waals surface area contributed by atoms with Crippen molar-refractivity contribution in [3.05, 3.63) is 59.7 Å². The number of nitrogens with zero attached hydrogens (tertiary/aromatic N) is 1. The van der Waals surface area contributed by atoms with Crippen LogP contribution in [0.4, 0.5) is 5.69 Å². The Labute approximate surface area is 156 Å². The Morgan fingerprint density at radius 1 is 1.00 bits per heavy atom. The van der Waals surface area contributed by atoms with E-state index < -0.39 is 0 Å². The average Bonchev–Trinajstić information content (AvgIpc) is 2.65. The predicted octanol–water partition coefficient (Wildman–Crippen LogP) is 4.02. The molecule has 0 fully saturated rings. The first-order chi connectivity index (χ1) is 12.2. The second-order valence-electron chi connectivity index (χ2n) is 5.77. The molecule has 0 atom stereocenters. The van der Waals surface area contributed by atoms with Crippen molar-refractivity contribution in [3.63, 3.8) is 0 Å². The van der Waals surface area contributed by atoms with Gasteiger partial charge in [0.2, 0.25) is 0 Å². The van der Waals surface area contributed by atoms with Gasteiger partial charge in [-0.25, -0.2) is 0 Å². The Morgan fingerprint density at radius 3 is 2.24 bits per heavy atom. The number of ether oxygens (including phenoxy) is 1. The van der Waals surface area contributed by atoms with Gasteiger partial charge in [-0.05, 0) is 60.7 Å². The summed E-state index contributed by atoms with van der Waals surface area (Å²) in [5.41, 5.74) is 3.55. The number of hydrogen-bond donors (Lipinski definition) is 2. The number of anilines is 1. The molecule has 0 amide bonds. The molecule has 5 heteroatoms. The zero-order valence-electron chi connectivity index (χ0n) is 15.2. The van der Waals surface area contributed by atoms with E-state index in [1.54, 1.807) is 7.11 Å². The Balaban J connectivity index is 1.92. The molecule has 0 radical (unpaired) electrons. The summed E-state index contributed by atoms with van der Waals surface area (Å²) < 4.78 is 5.16. The molecule has 0 spiro atoms. The largest absolute Gasteiger partial charge is 0.497 e. The van der Waals surface area contributed by atoms with E-state index in [-0.39, 0.29) is 0 Å². The highest BCUT2D eigenvalue weighted by Crippen LogP contribution is 2.15. The molecule has 2 aromatic carbocycles. The monoisotopic (exact) mass is 357 g/mol. The lowest BCUT2D eigenvalue weighted by atomic mass is 10.1. The van der Waals surface area contributed by atoms with Gasteiger partial charge in [-0.1, -0.05) is 38.1 Å². The third-order valence-electron chi connectivity index (χ3n) is 4.19. The minimum absolute atomic E-state index is 0.614. The smallest absolute Gasteiger partial charge is 0.171 e. The van der Waals surface area contributed by atoms with Crippen LogP contribution in [0.3, 0.4) is 0 Å². The Bertz CT molecular complexity index is 669. The molecule has 0 saturated heterocycles. The van der Waals surface area contributed by atoms with Crippen molar-refractivity contribution in [2.45, 2.75) is 26.9 Å². The summed E-state index contributed by atoms with van der Waals surface area (Å²) in [7, 11) is 1.66. The summed E-state index contributed by atoms with van der Waals surface area (Å²) in [6.07, 6.45) is 0. The maximum atomic E-state index is 5.41. The lowest BCUT2D eigenvalue weighted by Crippen LogP contribution is -2.29. The van der Waals surface area contributed by atoms with Crippen LogP contribution in [0.5, 0.6) is 5.75 Å². The molecule has 0 saturated carbocycles. The van der Waals surface area contributed by atoms with Gasteiger partial charge in [-0.15, -0.1) is 0 Å². The number of hydrogen-bond acceptors (Lipinski definition) is 3. The Kier molecular flexibility index (Phi) is 7.70. The van der Waals surface area contributed by atoms with E-state index >= 15 is 0 Å². The average molecular weight is 358 g/mol. The Morgan fingerprint density at radius 2 is 1.64 bits per heavy atom. The van der Waals surface area contributed by atoms with Gasteiger partial charge < -0.3 is 15.4 Å². The summed E-state index contributed by atoms with van der Waals surface area (Å²) in [4.78, 5) is 2.41. The third kappa shape index (κ3) is 6.03. The quantitative estimate of drug-likeness (QED) is 0.698. The highest BCUT2D eigenvalue weighted by molar-refractivity contribution is 7.80. The summed E-state index contributed by atoms with van der Waals surface area (Å²) in [6.45, 7) is 8.16. The van der Waals surface area contributed by atoms with Crippen LogP contribution in [0.2, 0.25) is 0 Å². The van der Waals surface area contributed by atoms with Crippen LogP contribution < -0.4 is 15.4 Å². The van der Waals surface area contributed by atoms with E-state index in [1.807, 2.05) is 24.3 Å². The SMILES string of the molecule is CCN(CC)Cc1ccccc1CNC(=S)Nc1ccc(OC)cc1. The van der Waals surface area contributed by atoms with Crippen molar-refractivity contribution in [1.29, 1.82) is 0 Å². The van der Waals surface area contributed by atoms with Gasteiger partial charge in [0, 0.05) is 18.8 Å². The maximum Gasteiger partial charge on any atom is 0.171 e. The van der Waals surface area contributed by atoms with Crippen molar-refractivity contribution in [2.24, 2.45) is 0 Å². The molecule has 2 rings (SSSR count). The summed E-state index contributed by atoms with van der Waals surface area (Å²) >= 11 is 5.41. The summed E-state index contributed by atoms with van der Waals surface area (Å²) in [6, 6.07) is 16.2. The summed E-state index contributed by atoms with van der Waals surface area (Å²) in [5.74, 6) is 0.828. The molecule has 2 N–H and O–H groups in total. The molecule has 2 aromatic rings. The van der Waals surface area contributed by atoms with Gasteiger partial charge in [0.05, 0.1) is 7.11 Å². The van der Waals surface area contributed by atoms with Crippen molar-refractivity contribution >= 4 is 23.0 Å². The molecule has 0 heterocycles. The van der Waals surface area contributed by atoms with Gasteiger partial charge in [-0.2, -0.15) is 0 Å². The van der Waals surface area contributed by atoms with Gasteiger partial charge in [0.15, 0.2) is 5.11 Å². The van der Waals surface area contributed by atoms with E-state index in [1.165, 1.54) is 11.1 Å². The highest BCUT2D eigenvalue weighted by atomic mass is 32.1. The molecular weight excluding hydrogens is 330 g/mol. The maximum absolute atomic E-state index is 5.41.